The van der Waals surface area contributed by atoms with Crippen molar-refractivity contribution in [2.45, 2.75) is 44.4 Å². The predicted octanol–water partition coefficient (Wildman–Crippen LogP) is 3.37. The third kappa shape index (κ3) is 5.08. The highest BCUT2D eigenvalue weighted by atomic mass is 32.2. The van der Waals surface area contributed by atoms with Gasteiger partial charge in [-0.15, -0.1) is 11.3 Å². The number of amides is 2. The van der Waals surface area contributed by atoms with E-state index in [0.717, 1.165) is 17.7 Å². The molecule has 0 radical (unpaired) electrons. The van der Waals surface area contributed by atoms with Crippen LogP contribution in [0.15, 0.2) is 34.5 Å². The van der Waals surface area contributed by atoms with Crippen LogP contribution in [0.25, 0.3) is 0 Å². The molecule has 0 aliphatic carbocycles. The minimum absolute atomic E-state index is 0.203. The average molecular weight is 450 g/mol. The van der Waals surface area contributed by atoms with E-state index in [9.17, 15) is 18.0 Å². The molecule has 1 aromatic heterocycles. The lowest BCUT2D eigenvalue weighted by molar-refractivity contribution is -0.114. The van der Waals surface area contributed by atoms with Crippen LogP contribution >= 0.6 is 11.3 Å². The SMILES string of the molecule is CC(=O)Nc1cccc(C(=O)NCc2ccc(S(=O)(=O)N3CCC(C)CC3)s2)c1C. The molecule has 2 amide bonds. The number of nitrogens with zero attached hydrogens (tertiary/aromatic N) is 1. The van der Waals surface area contributed by atoms with Crippen LogP contribution in [0.1, 0.15) is 47.5 Å². The van der Waals surface area contributed by atoms with E-state index < -0.39 is 10.0 Å². The van der Waals surface area contributed by atoms with Crippen molar-refractivity contribution in [1.82, 2.24) is 9.62 Å². The maximum atomic E-state index is 12.9. The number of hydrogen-bond donors (Lipinski definition) is 2. The zero-order chi connectivity index (χ0) is 21.9. The van der Waals surface area contributed by atoms with Crippen molar-refractivity contribution in [3.8, 4) is 0 Å². The molecule has 1 aliphatic heterocycles. The summed E-state index contributed by atoms with van der Waals surface area (Å²) in [6.07, 6.45) is 1.76. The quantitative estimate of drug-likeness (QED) is 0.707. The second-order valence-electron chi connectivity index (χ2n) is 7.65. The number of carbonyl (C=O) groups is 2. The molecule has 162 valence electrons. The normalized spacial score (nSPS) is 15.7. The van der Waals surface area contributed by atoms with Crippen LogP contribution in [0.5, 0.6) is 0 Å². The van der Waals surface area contributed by atoms with Crippen LogP contribution in [-0.4, -0.2) is 37.6 Å². The zero-order valence-corrected chi connectivity index (χ0v) is 19.0. The Hall–Kier alpha value is -2.23. The van der Waals surface area contributed by atoms with Crippen molar-refractivity contribution < 1.29 is 18.0 Å². The van der Waals surface area contributed by atoms with E-state index in [1.54, 1.807) is 41.6 Å². The van der Waals surface area contributed by atoms with E-state index in [-0.39, 0.29) is 18.4 Å². The molecule has 9 heteroatoms. The summed E-state index contributed by atoms with van der Waals surface area (Å²) in [7, 11) is -3.48. The molecule has 0 atom stereocenters. The second-order valence-corrected chi connectivity index (χ2v) is 11.0. The molecule has 0 unspecified atom stereocenters. The van der Waals surface area contributed by atoms with Gasteiger partial charge in [0.25, 0.3) is 15.9 Å². The van der Waals surface area contributed by atoms with Gasteiger partial charge < -0.3 is 10.6 Å². The van der Waals surface area contributed by atoms with E-state index >= 15 is 0 Å². The van der Waals surface area contributed by atoms with Crippen molar-refractivity contribution in [3.05, 3.63) is 46.3 Å². The smallest absolute Gasteiger partial charge is 0.252 e. The number of hydrogen-bond acceptors (Lipinski definition) is 5. The first-order valence-electron chi connectivity index (χ1n) is 9.92. The van der Waals surface area contributed by atoms with Gasteiger partial charge in [-0.25, -0.2) is 8.42 Å². The van der Waals surface area contributed by atoms with Crippen LogP contribution in [0.4, 0.5) is 5.69 Å². The molecule has 2 N–H and O–H groups in total. The summed E-state index contributed by atoms with van der Waals surface area (Å²) in [5.41, 5.74) is 1.74. The van der Waals surface area contributed by atoms with Gasteiger partial charge in [0.05, 0.1) is 6.54 Å². The number of sulfonamides is 1. The number of benzene rings is 1. The maximum Gasteiger partial charge on any atom is 0.252 e. The standard InChI is InChI=1S/C21H27N3O4S2/c1-14-9-11-24(12-10-14)30(27,28)20-8-7-17(29-20)13-22-21(26)18-5-4-6-19(15(18)2)23-16(3)25/h4-8,14H,9-13H2,1-3H3,(H,22,26)(H,23,25). The Balaban J connectivity index is 1.66. The Morgan fingerprint density at radius 3 is 2.53 bits per heavy atom. The number of carbonyl (C=O) groups excluding carboxylic acids is 2. The fourth-order valence-corrected chi connectivity index (χ4v) is 6.33. The first-order chi connectivity index (χ1) is 14.2. The van der Waals surface area contributed by atoms with Crippen LogP contribution in [-0.2, 0) is 21.4 Å². The lowest BCUT2D eigenvalue weighted by Crippen LogP contribution is -2.37. The van der Waals surface area contributed by atoms with Gasteiger partial charge in [-0.05, 0) is 55.5 Å². The van der Waals surface area contributed by atoms with E-state index in [2.05, 4.69) is 17.6 Å². The molecule has 0 saturated carbocycles. The molecule has 1 aromatic carbocycles. The molecule has 1 fully saturated rings. The Kier molecular flexibility index (Phi) is 6.95. The zero-order valence-electron chi connectivity index (χ0n) is 17.4. The predicted molar refractivity (Wildman–Crippen MR) is 118 cm³/mol. The van der Waals surface area contributed by atoms with Gasteiger partial charge >= 0.3 is 0 Å². The van der Waals surface area contributed by atoms with Gasteiger partial charge in [-0.1, -0.05) is 13.0 Å². The summed E-state index contributed by atoms with van der Waals surface area (Å²) in [6, 6.07) is 8.50. The number of piperidine rings is 1. The van der Waals surface area contributed by atoms with Crippen LogP contribution in [0.3, 0.4) is 0 Å². The van der Waals surface area contributed by atoms with E-state index in [0.29, 0.717) is 40.0 Å². The molecule has 30 heavy (non-hydrogen) atoms. The topological polar surface area (TPSA) is 95.6 Å². The van der Waals surface area contributed by atoms with Crippen molar-refractivity contribution in [1.29, 1.82) is 0 Å². The van der Waals surface area contributed by atoms with Gasteiger partial charge in [0.15, 0.2) is 0 Å². The fraction of sp³-hybridized carbons (Fsp3) is 0.429. The highest BCUT2D eigenvalue weighted by Gasteiger charge is 2.29. The molecule has 2 aromatic rings. The average Bonchev–Trinajstić information content (AvgIpc) is 3.18. The summed E-state index contributed by atoms with van der Waals surface area (Å²) in [5.74, 6) is 0.0758. The molecular weight excluding hydrogens is 422 g/mol. The van der Waals surface area contributed by atoms with Gasteiger partial charge in [-0.3, -0.25) is 9.59 Å². The molecular formula is C21H27N3O4S2. The molecule has 7 nitrogen and oxygen atoms in total. The summed E-state index contributed by atoms with van der Waals surface area (Å²) in [4.78, 5) is 24.7. The summed E-state index contributed by atoms with van der Waals surface area (Å²) < 4.78 is 27.6. The largest absolute Gasteiger partial charge is 0.347 e. The van der Waals surface area contributed by atoms with Gasteiger partial charge in [0, 0.05) is 36.1 Å². The first-order valence-corrected chi connectivity index (χ1v) is 12.2. The summed E-state index contributed by atoms with van der Waals surface area (Å²) >= 11 is 1.19. The van der Waals surface area contributed by atoms with E-state index in [1.165, 1.54) is 18.3 Å². The number of thiophene rings is 1. The Morgan fingerprint density at radius 2 is 1.87 bits per heavy atom. The van der Waals surface area contributed by atoms with E-state index in [4.69, 9.17) is 0 Å². The second kappa shape index (κ2) is 9.28. The summed E-state index contributed by atoms with van der Waals surface area (Å²) in [5, 5.41) is 5.54. The van der Waals surface area contributed by atoms with Gasteiger partial charge in [-0.2, -0.15) is 4.31 Å². The highest BCUT2D eigenvalue weighted by Crippen LogP contribution is 2.28. The molecule has 2 heterocycles. The summed E-state index contributed by atoms with van der Waals surface area (Å²) in [6.45, 7) is 6.67. The third-order valence-corrected chi connectivity index (χ3v) is 8.74. The molecule has 1 saturated heterocycles. The van der Waals surface area contributed by atoms with Crippen LogP contribution in [0, 0.1) is 12.8 Å². The first kappa shape index (κ1) is 22.5. The molecule has 0 spiro atoms. The maximum absolute atomic E-state index is 12.9. The Morgan fingerprint density at radius 1 is 1.17 bits per heavy atom. The van der Waals surface area contributed by atoms with Gasteiger partial charge in [0.2, 0.25) is 5.91 Å². The lowest BCUT2D eigenvalue weighted by Gasteiger charge is -2.28. The molecule has 0 bridgehead atoms. The van der Waals surface area contributed by atoms with Crippen molar-refractivity contribution >= 4 is 38.9 Å². The molecule has 1 aliphatic rings. The van der Waals surface area contributed by atoms with Crippen molar-refractivity contribution in [2.75, 3.05) is 18.4 Å². The van der Waals surface area contributed by atoms with Crippen molar-refractivity contribution in [3.63, 3.8) is 0 Å². The minimum Gasteiger partial charge on any atom is -0.347 e. The molecule has 3 rings (SSSR count). The fourth-order valence-electron chi connectivity index (χ4n) is 3.41. The number of anilines is 1. The minimum atomic E-state index is -3.48. The van der Waals surface area contributed by atoms with Gasteiger partial charge in [0.1, 0.15) is 4.21 Å². The third-order valence-electron chi connectivity index (χ3n) is 5.29. The lowest BCUT2D eigenvalue weighted by atomic mass is 10.0. The van der Waals surface area contributed by atoms with Crippen LogP contribution in [0.2, 0.25) is 0 Å². The Labute approximate surface area is 181 Å². The van der Waals surface area contributed by atoms with Crippen molar-refractivity contribution in [2.24, 2.45) is 5.92 Å². The monoisotopic (exact) mass is 449 g/mol. The number of nitrogens with one attached hydrogen (secondary N) is 2. The Bertz CT molecular complexity index is 1040. The van der Waals surface area contributed by atoms with E-state index in [1.807, 2.05) is 0 Å². The highest BCUT2D eigenvalue weighted by molar-refractivity contribution is 7.91. The number of rotatable bonds is 6. The van der Waals surface area contributed by atoms with Crippen LogP contribution < -0.4 is 10.6 Å².